The Kier molecular flexibility index (Phi) is 6.25. The summed E-state index contributed by atoms with van der Waals surface area (Å²) in [5, 5.41) is 7.15. The van der Waals surface area contributed by atoms with Crippen molar-refractivity contribution in [3.63, 3.8) is 0 Å². The molecule has 4 rings (SSSR count). The lowest BCUT2D eigenvalue weighted by Crippen LogP contribution is -2.38. The molecule has 1 unspecified atom stereocenters. The van der Waals surface area contributed by atoms with Gasteiger partial charge in [0.05, 0.1) is 19.3 Å². The molecular formula is C23H23N3O6. The van der Waals surface area contributed by atoms with Crippen LogP contribution in [0.4, 0.5) is 0 Å². The Morgan fingerprint density at radius 1 is 1.09 bits per heavy atom. The highest BCUT2D eigenvalue weighted by molar-refractivity contribution is 5.79. The van der Waals surface area contributed by atoms with E-state index in [-0.39, 0.29) is 31.4 Å². The molecule has 0 spiro atoms. The Bertz CT molecular complexity index is 1160. The summed E-state index contributed by atoms with van der Waals surface area (Å²) in [7, 11) is 1.59. The first-order valence-electron chi connectivity index (χ1n) is 10.1. The molecule has 0 radical (unpaired) electrons. The maximum absolute atomic E-state index is 12.6. The fraction of sp³-hybridized carbons (Fsp3) is 0.261. The maximum atomic E-state index is 12.6. The fourth-order valence-electron chi connectivity index (χ4n) is 3.19. The Hall–Kier alpha value is -4.01. The van der Waals surface area contributed by atoms with E-state index in [1.54, 1.807) is 56.5 Å². The summed E-state index contributed by atoms with van der Waals surface area (Å²) in [6.07, 6.45) is 0. The number of hydrogen-bond donors (Lipinski definition) is 1. The third kappa shape index (κ3) is 4.66. The summed E-state index contributed by atoms with van der Waals surface area (Å²) >= 11 is 0. The Balaban J connectivity index is 1.37. The molecule has 0 saturated carbocycles. The molecule has 1 atom stereocenters. The summed E-state index contributed by atoms with van der Waals surface area (Å²) in [4.78, 5) is 24.9. The minimum Gasteiger partial charge on any atom is -0.497 e. The minimum atomic E-state index is -0.794. The van der Waals surface area contributed by atoms with Gasteiger partial charge in [-0.2, -0.15) is 5.10 Å². The number of nitrogens with one attached hydrogen (secondary N) is 1. The monoisotopic (exact) mass is 437 g/mol. The van der Waals surface area contributed by atoms with Crippen LogP contribution >= 0.6 is 0 Å². The van der Waals surface area contributed by atoms with Gasteiger partial charge in [0, 0.05) is 11.6 Å². The van der Waals surface area contributed by atoms with Crippen molar-refractivity contribution in [1.29, 1.82) is 0 Å². The number of hydrogen-bond acceptors (Lipinski definition) is 7. The first-order valence-corrected chi connectivity index (χ1v) is 10.1. The summed E-state index contributed by atoms with van der Waals surface area (Å²) in [5.41, 5.74) is 0.931. The van der Waals surface area contributed by atoms with Gasteiger partial charge in [-0.3, -0.25) is 9.59 Å². The molecule has 3 aromatic rings. The molecule has 1 N–H and O–H groups in total. The number of carbonyl (C=O) groups excluding carboxylic acids is 1. The van der Waals surface area contributed by atoms with Crippen LogP contribution in [0.15, 0.2) is 59.4 Å². The smallest absolute Gasteiger partial charge is 0.267 e. The number of rotatable bonds is 8. The van der Waals surface area contributed by atoms with Crippen LogP contribution in [0, 0.1) is 0 Å². The molecule has 2 aromatic carbocycles. The lowest BCUT2D eigenvalue weighted by molar-refractivity contribution is -0.124. The Morgan fingerprint density at radius 3 is 2.62 bits per heavy atom. The van der Waals surface area contributed by atoms with Crippen molar-refractivity contribution in [2.24, 2.45) is 0 Å². The summed E-state index contributed by atoms with van der Waals surface area (Å²) in [6.45, 7) is 2.36. The van der Waals surface area contributed by atoms with Crippen molar-refractivity contribution in [1.82, 2.24) is 15.1 Å². The van der Waals surface area contributed by atoms with Crippen molar-refractivity contribution < 1.29 is 23.7 Å². The van der Waals surface area contributed by atoms with Gasteiger partial charge in [0.2, 0.25) is 12.7 Å². The van der Waals surface area contributed by atoms with Gasteiger partial charge >= 0.3 is 0 Å². The largest absolute Gasteiger partial charge is 0.497 e. The first-order chi connectivity index (χ1) is 15.5. The van der Waals surface area contributed by atoms with Crippen LogP contribution in [0.5, 0.6) is 23.0 Å². The zero-order valence-electron chi connectivity index (χ0n) is 17.7. The number of benzene rings is 2. The van der Waals surface area contributed by atoms with Crippen molar-refractivity contribution in [2.45, 2.75) is 13.0 Å². The van der Waals surface area contributed by atoms with Gasteiger partial charge in [-0.15, -0.1) is 0 Å². The second-order valence-corrected chi connectivity index (χ2v) is 7.06. The maximum Gasteiger partial charge on any atom is 0.267 e. The van der Waals surface area contributed by atoms with Gasteiger partial charge in [0.25, 0.3) is 5.56 Å². The Morgan fingerprint density at radius 2 is 1.84 bits per heavy atom. The molecular weight excluding hydrogens is 414 g/mol. The standard InChI is InChI=1S/C23H23N3O6/c1-15(23(28)24-11-12-30-18-6-4-17(29-2)5-7-18)26-22(27)10-8-19(25-26)16-3-9-20-21(13-16)32-14-31-20/h3-10,13,15H,11-12,14H2,1-2H3,(H,24,28). The molecule has 0 fully saturated rings. The van der Waals surface area contributed by atoms with Crippen LogP contribution in [0.1, 0.15) is 13.0 Å². The third-order valence-corrected chi connectivity index (χ3v) is 4.97. The normalized spacial score (nSPS) is 12.8. The lowest BCUT2D eigenvalue weighted by Gasteiger charge is -2.15. The first kappa shape index (κ1) is 21.2. The molecule has 1 amide bonds. The average molecular weight is 437 g/mol. The summed E-state index contributed by atoms with van der Waals surface area (Å²) in [6, 6.07) is 14.8. The van der Waals surface area contributed by atoms with Crippen LogP contribution in [-0.2, 0) is 4.79 Å². The number of nitrogens with zero attached hydrogens (tertiary/aromatic N) is 2. The second kappa shape index (κ2) is 9.42. The van der Waals surface area contributed by atoms with Crippen LogP contribution in [0.2, 0.25) is 0 Å². The van der Waals surface area contributed by atoms with Gasteiger partial charge in [0.1, 0.15) is 24.1 Å². The molecule has 166 valence electrons. The molecule has 9 heteroatoms. The highest BCUT2D eigenvalue weighted by Gasteiger charge is 2.19. The predicted molar refractivity (Wildman–Crippen MR) is 116 cm³/mol. The van der Waals surface area contributed by atoms with E-state index < -0.39 is 6.04 Å². The fourth-order valence-corrected chi connectivity index (χ4v) is 3.19. The molecule has 1 aromatic heterocycles. The second-order valence-electron chi connectivity index (χ2n) is 7.06. The van der Waals surface area contributed by atoms with Crippen LogP contribution in [0.25, 0.3) is 11.3 Å². The van der Waals surface area contributed by atoms with Crippen molar-refractivity contribution in [3.8, 4) is 34.3 Å². The molecule has 0 aliphatic carbocycles. The van der Waals surface area contributed by atoms with E-state index >= 15 is 0 Å². The highest BCUT2D eigenvalue weighted by Crippen LogP contribution is 2.35. The molecule has 0 saturated heterocycles. The predicted octanol–water partition coefficient (Wildman–Crippen LogP) is 2.40. The van der Waals surface area contributed by atoms with E-state index in [1.165, 1.54) is 10.7 Å². The van der Waals surface area contributed by atoms with Crippen molar-refractivity contribution in [2.75, 3.05) is 27.1 Å². The van der Waals surface area contributed by atoms with E-state index in [4.69, 9.17) is 18.9 Å². The van der Waals surface area contributed by atoms with Gasteiger partial charge in [-0.25, -0.2) is 4.68 Å². The molecule has 32 heavy (non-hydrogen) atoms. The zero-order valence-corrected chi connectivity index (χ0v) is 17.7. The van der Waals surface area contributed by atoms with E-state index in [0.717, 1.165) is 11.3 Å². The summed E-state index contributed by atoms with van der Waals surface area (Å²) in [5.74, 6) is 2.35. The molecule has 0 bridgehead atoms. The number of methoxy groups -OCH3 is 1. The van der Waals surface area contributed by atoms with E-state index in [0.29, 0.717) is 22.9 Å². The molecule has 2 heterocycles. The number of aromatic nitrogens is 2. The molecule has 9 nitrogen and oxygen atoms in total. The highest BCUT2D eigenvalue weighted by atomic mass is 16.7. The SMILES string of the molecule is COc1ccc(OCCNC(=O)C(C)n2nc(-c3ccc4c(c3)OCO4)ccc2=O)cc1. The lowest BCUT2D eigenvalue weighted by atomic mass is 10.1. The minimum absolute atomic E-state index is 0.172. The topological polar surface area (TPSA) is 101 Å². The summed E-state index contributed by atoms with van der Waals surface area (Å²) < 4.78 is 22.6. The molecule has 1 aliphatic rings. The van der Waals surface area contributed by atoms with Gasteiger partial charge in [-0.1, -0.05) is 0 Å². The van der Waals surface area contributed by atoms with Crippen LogP contribution in [-0.4, -0.2) is 42.7 Å². The van der Waals surface area contributed by atoms with Gasteiger partial charge in [0.15, 0.2) is 11.5 Å². The zero-order chi connectivity index (χ0) is 22.5. The third-order valence-electron chi connectivity index (χ3n) is 4.97. The van der Waals surface area contributed by atoms with Gasteiger partial charge in [-0.05, 0) is 55.5 Å². The van der Waals surface area contributed by atoms with E-state index in [9.17, 15) is 9.59 Å². The number of amides is 1. The Labute approximate surface area is 184 Å². The number of ether oxygens (including phenoxy) is 4. The molecule has 1 aliphatic heterocycles. The average Bonchev–Trinajstić information content (AvgIpc) is 3.30. The van der Waals surface area contributed by atoms with Crippen LogP contribution in [0.3, 0.4) is 0 Å². The van der Waals surface area contributed by atoms with Crippen molar-refractivity contribution >= 4 is 5.91 Å². The van der Waals surface area contributed by atoms with E-state index in [2.05, 4.69) is 10.4 Å². The number of fused-ring (bicyclic) bond motifs is 1. The number of carbonyl (C=O) groups is 1. The van der Waals surface area contributed by atoms with Crippen LogP contribution < -0.4 is 29.8 Å². The van der Waals surface area contributed by atoms with Gasteiger partial charge < -0.3 is 24.3 Å². The van der Waals surface area contributed by atoms with Crippen molar-refractivity contribution in [3.05, 3.63) is 65.0 Å². The quantitative estimate of drug-likeness (QED) is 0.540. The van der Waals surface area contributed by atoms with E-state index in [1.807, 2.05) is 6.07 Å².